The predicted molar refractivity (Wildman–Crippen MR) is 162 cm³/mol. The van der Waals surface area contributed by atoms with Crippen LogP contribution in [0.1, 0.15) is 5.56 Å². The van der Waals surface area contributed by atoms with E-state index < -0.39 is 17.7 Å². The fraction of sp³-hybridized carbons (Fsp3) is 0.0294. The van der Waals surface area contributed by atoms with Gasteiger partial charge in [-0.15, -0.1) is 5.10 Å². The molecule has 5 aromatic carbocycles. The summed E-state index contributed by atoms with van der Waals surface area (Å²) >= 11 is 0. The fourth-order valence-electron chi connectivity index (χ4n) is 5.53. The Balaban J connectivity index is 1.58. The van der Waals surface area contributed by atoms with Crippen LogP contribution in [0.25, 0.3) is 0 Å². The largest absolute Gasteiger partial charge is 0.339 e. The van der Waals surface area contributed by atoms with Gasteiger partial charge in [-0.3, -0.25) is 9.69 Å². The summed E-state index contributed by atoms with van der Waals surface area (Å²) in [5.74, 6) is -1.64. The molecule has 2 heterocycles. The summed E-state index contributed by atoms with van der Waals surface area (Å²) in [5, 5.41) is 6.82. The van der Waals surface area contributed by atoms with Gasteiger partial charge in [0.25, 0.3) is 0 Å². The van der Waals surface area contributed by atoms with E-state index in [1.807, 2.05) is 144 Å². The lowest BCUT2D eigenvalue weighted by Crippen LogP contribution is -2.69. The maximum absolute atomic E-state index is 15.2. The molecule has 1 fully saturated rings. The molecule has 0 aliphatic carbocycles. The normalized spacial score (nSPS) is 18.4. The number of amidine groups is 1. The molecule has 0 N–H and O–H groups in total. The molecule has 7 nitrogen and oxygen atoms in total. The van der Waals surface area contributed by atoms with E-state index in [4.69, 9.17) is 5.10 Å². The van der Waals surface area contributed by atoms with E-state index in [2.05, 4.69) is 0 Å². The minimum absolute atomic E-state index is 0.444. The lowest BCUT2D eigenvalue weighted by Gasteiger charge is -2.44. The predicted octanol–water partition coefficient (Wildman–Crippen LogP) is 6.70. The Bertz CT molecular complexity index is 1730. The Morgan fingerprint density at radius 2 is 0.878 bits per heavy atom. The molecule has 3 amide bonds. The number of carbonyl (C=O) groups excluding carboxylic acids is 2. The van der Waals surface area contributed by atoms with E-state index >= 15 is 4.79 Å². The highest BCUT2D eigenvalue weighted by Gasteiger charge is 2.70. The van der Waals surface area contributed by atoms with Gasteiger partial charge >= 0.3 is 17.7 Å². The van der Waals surface area contributed by atoms with Crippen LogP contribution < -0.4 is 19.7 Å². The van der Waals surface area contributed by atoms with Crippen molar-refractivity contribution in [2.45, 2.75) is 5.79 Å². The number of hydrazone groups is 1. The van der Waals surface area contributed by atoms with Crippen LogP contribution in [0.3, 0.4) is 0 Å². The number of anilines is 4. The number of hydrogen-bond acceptors (Lipinski definition) is 5. The van der Waals surface area contributed by atoms with Crippen molar-refractivity contribution in [1.82, 2.24) is 0 Å². The number of carbonyl (C=O) groups is 2. The van der Waals surface area contributed by atoms with Crippen molar-refractivity contribution in [3.05, 3.63) is 157 Å². The molecule has 2 aliphatic rings. The second-order valence-electron chi connectivity index (χ2n) is 9.67. The van der Waals surface area contributed by atoms with Crippen LogP contribution in [-0.4, -0.2) is 23.6 Å². The van der Waals surface area contributed by atoms with Crippen molar-refractivity contribution in [3.8, 4) is 0 Å². The van der Waals surface area contributed by atoms with Gasteiger partial charge in [0, 0.05) is 11.3 Å². The number of rotatable bonds is 5. The highest BCUT2D eigenvalue weighted by atomic mass is 16.2. The molecule has 1 spiro atoms. The quantitative estimate of drug-likeness (QED) is 0.235. The molecular weight excluding hydrogens is 510 g/mol. The Kier molecular flexibility index (Phi) is 5.83. The van der Waals surface area contributed by atoms with E-state index in [0.29, 0.717) is 28.6 Å². The summed E-state index contributed by atoms with van der Waals surface area (Å²) in [5.41, 5.74) is 3.23. The van der Waals surface area contributed by atoms with Crippen LogP contribution in [0, 0.1) is 0 Å². The zero-order valence-electron chi connectivity index (χ0n) is 22.0. The van der Waals surface area contributed by atoms with Crippen LogP contribution in [-0.2, 0) is 4.79 Å². The fourth-order valence-corrected chi connectivity index (χ4v) is 5.53. The zero-order chi connectivity index (χ0) is 27.8. The lowest BCUT2D eigenvalue weighted by atomic mass is 10.1. The molecular formula is C34H25N5O2. The Morgan fingerprint density at radius 1 is 0.463 bits per heavy atom. The van der Waals surface area contributed by atoms with Gasteiger partial charge in [-0.2, -0.15) is 0 Å². The summed E-state index contributed by atoms with van der Waals surface area (Å²) in [6, 6.07) is 46.7. The second kappa shape index (κ2) is 9.81. The van der Waals surface area contributed by atoms with Crippen molar-refractivity contribution in [3.63, 3.8) is 0 Å². The SMILES string of the molecule is O=C1N(c2ccccc2)C(=O)[C@@]2(N(c3ccccc3)N=C(c3ccccc3)N2c2ccccc2)N1c1ccccc1. The first kappa shape index (κ1) is 24.4. The van der Waals surface area contributed by atoms with Crippen molar-refractivity contribution in [1.29, 1.82) is 0 Å². The number of urea groups is 1. The maximum atomic E-state index is 15.2. The minimum atomic E-state index is -1.73. The lowest BCUT2D eigenvalue weighted by molar-refractivity contribution is -0.121. The van der Waals surface area contributed by atoms with Crippen LogP contribution in [0.4, 0.5) is 27.5 Å². The third-order valence-electron chi connectivity index (χ3n) is 7.27. The van der Waals surface area contributed by atoms with E-state index in [-0.39, 0.29) is 0 Å². The first-order chi connectivity index (χ1) is 20.2. The molecule has 1 atom stereocenters. The number of imide groups is 1. The molecule has 5 aromatic rings. The minimum Gasteiger partial charge on any atom is -0.273 e. The first-order valence-corrected chi connectivity index (χ1v) is 13.3. The molecule has 7 heteroatoms. The van der Waals surface area contributed by atoms with Gasteiger partial charge in [0.15, 0.2) is 5.84 Å². The van der Waals surface area contributed by atoms with Gasteiger partial charge in [-0.1, -0.05) is 103 Å². The Labute approximate surface area is 237 Å². The smallest absolute Gasteiger partial charge is 0.273 e. The highest BCUT2D eigenvalue weighted by Crippen LogP contribution is 2.48. The van der Waals surface area contributed by atoms with E-state index in [1.165, 1.54) is 4.90 Å². The number of nitrogens with zero attached hydrogens (tertiary/aromatic N) is 5. The highest BCUT2D eigenvalue weighted by molar-refractivity contribution is 6.35. The molecule has 0 bridgehead atoms. The summed E-state index contributed by atoms with van der Waals surface area (Å²) in [6.45, 7) is 0. The first-order valence-electron chi connectivity index (χ1n) is 13.3. The Hall–Kier alpha value is -5.69. The van der Waals surface area contributed by atoms with Gasteiger partial charge in [-0.05, 0) is 48.5 Å². The number of amides is 3. The van der Waals surface area contributed by atoms with Crippen molar-refractivity contribution < 1.29 is 9.59 Å². The number of benzene rings is 5. The van der Waals surface area contributed by atoms with E-state index in [0.717, 1.165) is 5.56 Å². The van der Waals surface area contributed by atoms with Crippen molar-refractivity contribution in [2.24, 2.45) is 5.10 Å². The van der Waals surface area contributed by atoms with Crippen LogP contribution in [0.15, 0.2) is 157 Å². The van der Waals surface area contributed by atoms with Gasteiger partial charge in [0.05, 0.1) is 17.1 Å². The molecule has 2 aliphatic heterocycles. The molecule has 7 rings (SSSR count). The van der Waals surface area contributed by atoms with E-state index in [1.54, 1.807) is 22.0 Å². The molecule has 0 unspecified atom stereocenters. The molecule has 41 heavy (non-hydrogen) atoms. The van der Waals surface area contributed by atoms with Crippen LogP contribution in [0.2, 0.25) is 0 Å². The molecule has 198 valence electrons. The third-order valence-corrected chi connectivity index (χ3v) is 7.27. The number of para-hydroxylation sites is 4. The van der Waals surface area contributed by atoms with E-state index in [9.17, 15) is 4.79 Å². The Morgan fingerprint density at radius 3 is 1.39 bits per heavy atom. The van der Waals surface area contributed by atoms with Gasteiger partial charge in [-0.25, -0.2) is 19.6 Å². The average Bonchev–Trinajstić information content (AvgIpc) is 3.51. The van der Waals surface area contributed by atoms with Gasteiger partial charge in [0.1, 0.15) is 0 Å². The molecule has 1 saturated heterocycles. The summed E-state index contributed by atoms with van der Waals surface area (Å²) in [4.78, 5) is 34.5. The molecule has 0 aromatic heterocycles. The molecule has 0 radical (unpaired) electrons. The standard InChI is InChI=1S/C34H25N5O2/c40-32-34(38(29-22-12-4-13-23-29)33(41)36(32)27-18-8-2-9-19-27)37(28-20-10-3-11-21-28)31(26-16-6-1-7-17-26)35-39(34)30-24-14-5-15-25-30/h1-25H/t34-/m0/s1. The summed E-state index contributed by atoms with van der Waals surface area (Å²) < 4.78 is 0. The molecule has 0 saturated carbocycles. The van der Waals surface area contributed by atoms with Crippen LogP contribution >= 0.6 is 0 Å². The third kappa shape index (κ3) is 3.71. The monoisotopic (exact) mass is 535 g/mol. The van der Waals surface area contributed by atoms with Gasteiger partial charge < -0.3 is 0 Å². The topological polar surface area (TPSA) is 59.5 Å². The zero-order valence-corrected chi connectivity index (χ0v) is 22.0. The van der Waals surface area contributed by atoms with Crippen molar-refractivity contribution in [2.75, 3.05) is 19.7 Å². The van der Waals surface area contributed by atoms with Gasteiger partial charge in [0.2, 0.25) is 0 Å². The van der Waals surface area contributed by atoms with Crippen molar-refractivity contribution >= 4 is 40.5 Å². The summed E-state index contributed by atoms with van der Waals surface area (Å²) in [7, 11) is 0. The maximum Gasteiger partial charge on any atom is 0.339 e. The number of hydrogen-bond donors (Lipinski definition) is 0. The second-order valence-corrected chi connectivity index (χ2v) is 9.67. The van der Waals surface area contributed by atoms with Crippen LogP contribution in [0.5, 0.6) is 0 Å². The average molecular weight is 536 g/mol. The summed E-state index contributed by atoms with van der Waals surface area (Å²) in [6.07, 6.45) is 0.